The van der Waals surface area contributed by atoms with Crippen LogP contribution in [-0.2, 0) is 6.42 Å². The molecule has 0 aromatic heterocycles. The topological polar surface area (TPSA) is 108 Å². The van der Waals surface area contributed by atoms with Crippen molar-refractivity contribution in [3.8, 4) is 11.5 Å². The lowest BCUT2D eigenvalue weighted by molar-refractivity contribution is 0.104. The van der Waals surface area contributed by atoms with Crippen LogP contribution < -0.4 is 14.6 Å². The minimum atomic E-state index is -0.493. The van der Waals surface area contributed by atoms with Gasteiger partial charge in [-0.1, -0.05) is 18.2 Å². The molecular weight excluding hydrogens is 396 g/mol. The average molecular weight is 427 g/mol. The number of aliphatic hydroxyl groups excluding tert-OH is 2. The predicted molar refractivity (Wildman–Crippen MR) is 117 cm³/mol. The van der Waals surface area contributed by atoms with Crippen LogP contribution in [0.2, 0.25) is 0 Å². The number of aryl methyl sites for hydroxylation is 1. The largest absolute Gasteiger partial charge is 0.508 e. The molecule has 156 valence electrons. The Morgan fingerprint density at radius 3 is 2.89 bits per heavy atom. The fourth-order valence-electron chi connectivity index (χ4n) is 3.15. The van der Waals surface area contributed by atoms with Crippen LogP contribution in [0.3, 0.4) is 0 Å². The molecule has 0 bridgehead atoms. The molecular formula is C20H30N2O4S2. The van der Waals surface area contributed by atoms with Gasteiger partial charge in [-0.3, -0.25) is 5.14 Å². The molecule has 0 saturated carbocycles. The summed E-state index contributed by atoms with van der Waals surface area (Å²) in [6.07, 6.45) is 7.32. The number of aliphatic hydroxyl groups is 2. The van der Waals surface area contributed by atoms with Gasteiger partial charge in [-0.25, -0.2) is 4.72 Å². The molecule has 1 aliphatic heterocycles. The van der Waals surface area contributed by atoms with Gasteiger partial charge in [-0.2, -0.15) is 0 Å². The zero-order valence-corrected chi connectivity index (χ0v) is 17.9. The van der Waals surface area contributed by atoms with Crippen molar-refractivity contribution in [3.05, 3.63) is 47.1 Å². The minimum Gasteiger partial charge on any atom is -0.508 e. The summed E-state index contributed by atoms with van der Waals surface area (Å²) in [5.41, 5.74) is 2.79. The van der Waals surface area contributed by atoms with Crippen LogP contribution in [0.1, 0.15) is 30.9 Å². The van der Waals surface area contributed by atoms with Gasteiger partial charge in [0.1, 0.15) is 16.9 Å². The van der Waals surface area contributed by atoms with E-state index in [1.807, 2.05) is 32.1 Å². The fourth-order valence-corrected chi connectivity index (χ4v) is 4.68. The molecule has 1 aromatic carbocycles. The highest BCUT2D eigenvalue weighted by Gasteiger charge is 2.30. The van der Waals surface area contributed by atoms with E-state index >= 15 is 0 Å². The summed E-state index contributed by atoms with van der Waals surface area (Å²) in [5.74, 6) is 0.766. The molecule has 0 spiro atoms. The number of rotatable bonds is 9. The second-order valence-electron chi connectivity index (χ2n) is 6.76. The third-order valence-electron chi connectivity index (χ3n) is 4.59. The summed E-state index contributed by atoms with van der Waals surface area (Å²) in [5, 5.41) is 34.9. The van der Waals surface area contributed by atoms with Gasteiger partial charge in [0, 0.05) is 48.4 Å². The number of thioether (sulfide) groups is 1. The molecule has 3 unspecified atom stereocenters. The molecule has 1 aromatic rings. The van der Waals surface area contributed by atoms with Crippen molar-refractivity contribution in [1.29, 1.82) is 0 Å². The number of nitrogens with two attached hydrogens (primary N) is 1. The van der Waals surface area contributed by atoms with Gasteiger partial charge < -0.3 is 20.1 Å². The maximum atomic E-state index is 10.1. The third kappa shape index (κ3) is 7.02. The Balaban J connectivity index is 2.19. The van der Waals surface area contributed by atoms with Crippen LogP contribution in [0, 0.1) is 6.92 Å². The zero-order chi connectivity index (χ0) is 20.5. The van der Waals surface area contributed by atoms with Crippen LogP contribution in [0.25, 0.3) is 0 Å². The summed E-state index contributed by atoms with van der Waals surface area (Å²) < 4.78 is 9.15. The van der Waals surface area contributed by atoms with E-state index in [1.165, 1.54) is 11.8 Å². The smallest absolute Gasteiger partial charge is 0.147 e. The molecule has 1 saturated heterocycles. The molecule has 1 heterocycles. The van der Waals surface area contributed by atoms with Crippen molar-refractivity contribution in [2.24, 2.45) is 5.14 Å². The van der Waals surface area contributed by atoms with E-state index < -0.39 is 6.10 Å². The van der Waals surface area contributed by atoms with Gasteiger partial charge in [0.2, 0.25) is 0 Å². The maximum Gasteiger partial charge on any atom is 0.147 e. The van der Waals surface area contributed by atoms with Gasteiger partial charge in [0.15, 0.2) is 0 Å². The van der Waals surface area contributed by atoms with E-state index in [0.29, 0.717) is 31.6 Å². The van der Waals surface area contributed by atoms with Gasteiger partial charge in [-0.05, 0) is 37.5 Å². The quantitative estimate of drug-likeness (QED) is 0.233. The second-order valence-corrected chi connectivity index (χ2v) is 8.75. The lowest BCUT2D eigenvalue weighted by Crippen LogP contribution is -2.33. The number of nitrogens with one attached hydrogen (secondary N) is 1. The van der Waals surface area contributed by atoms with E-state index in [2.05, 4.69) is 4.72 Å². The third-order valence-corrected chi connectivity index (χ3v) is 6.24. The number of phenolic OH excluding ortho intramolecular Hbond substituents is 1. The first-order valence-electron chi connectivity index (χ1n) is 9.30. The van der Waals surface area contributed by atoms with E-state index in [0.717, 1.165) is 28.8 Å². The molecule has 6 nitrogen and oxygen atoms in total. The van der Waals surface area contributed by atoms with Crippen molar-refractivity contribution < 1.29 is 20.1 Å². The Morgan fingerprint density at radius 2 is 2.21 bits per heavy atom. The van der Waals surface area contributed by atoms with Crippen molar-refractivity contribution in [2.45, 2.75) is 49.9 Å². The van der Waals surface area contributed by atoms with Crippen LogP contribution in [-0.4, -0.2) is 45.3 Å². The SMILES string of the molecule is C/C=C(\C=C/CNSN)Cc1c(C)cc(O)cc1OC1CC(O)CC(CO)S1. The van der Waals surface area contributed by atoms with Crippen molar-refractivity contribution >= 4 is 23.9 Å². The van der Waals surface area contributed by atoms with Gasteiger partial charge in [0.25, 0.3) is 0 Å². The standard InChI is InChI=1S/C20H30N2O4S2/c1-3-14(5-4-6-22-28-21)8-18-13(2)7-15(24)10-19(18)26-20-11-16(25)9-17(12-23)27-20/h3-5,7,10,16-17,20,22-25H,6,8-9,11-12,21H2,1-2H3/b5-4-,14-3+. The normalized spacial score (nSPS) is 23.3. The van der Waals surface area contributed by atoms with E-state index in [-0.39, 0.29) is 23.0 Å². The molecule has 3 atom stereocenters. The zero-order valence-electron chi connectivity index (χ0n) is 16.3. The first-order chi connectivity index (χ1) is 13.5. The minimum absolute atomic E-state index is 0.0101. The number of hydrogen-bond donors (Lipinski definition) is 5. The first-order valence-corrected chi connectivity index (χ1v) is 11.1. The lowest BCUT2D eigenvalue weighted by atomic mass is 9.98. The van der Waals surface area contributed by atoms with Crippen LogP contribution in [0.4, 0.5) is 0 Å². The Morgan fingerprint density at radius 1 is 1.43 bits per heavy atom. The van der Waals surface area contributed by atoms with E-state index in [1.54, 1.807) is 12.1 Å². The predicted octanol–water partition coefficient (Wildman–Crippen LogP) is 2.81. The van der Waals surface area contributed by atoms with Crippen LogP contribution in [0.5, 0.6) is 11.5 Å². The summed E-state index contributed by atoms with van der Waals surface area (Å²) in [6, 6.07) is 3.35. The molecule has 0 amide bonds. The highest BCUT2D eigenvalue weighted by Crippen LogP contribution is 2.37. The second kappa shape index (κ2) is 11.7. The monoisotopic (exact) mass is 426 g/mol. The number of hydrogen-bond acceptors (Lipinski definition) is 8. The van der Waals surface area contributed by atoms with Gasteiger partial charge in [0.05, 0.1) is 12.7 Å². The number of allylic oxidation sites excluding steroid dienone is 3. The van der Waals surface area contributed by atoms with E-state index in [9.17, 15) is 15.3 Å². The lowest BCUT2D eigenvalue weighted by Gasteiger charge is -2.32. The number of phenols is 1. The molecule has 0 aliphatic carbocycles. The highest BCUT2D eigenvalue weighted by molar-refractivity contribution is 8.00. The van der Waals surface area contributed by atoms with Crippen LogP contribution >= 0.6 is 23.9 Å². The van der Waals surface area contributed by atoms with Crippen LogP contribution in [0.15, 0.2) is 35.9 Å². The Kier molecular flexibility index (Phi) is 9.70. The number of benzene rings is 1. The molecule has 28 heavy (non-hydrogen) atoms. The first kappa shape index (κ1) is 23.1. The fraction of sp³-hybridized carbons (Fsp3) is 0.500. The van der Waals surface area contributed by atoms with Crippen molar-refractivity contribution in [3.63, 3.8) is 0 Å². The van der Waals surface area contributed by atoms with Gasteiger partial charge >= 0.3 is 0 Å². The number of aromatic hydroxyl groups is 1. The molecule has 0 radical (unpaired) electrons. The van der Waals surface area contributed by atoms with Crippen molar-refractivity contribution in [1.82, 2.24) is 4.72 Å². The Hall–Kier alpha value is -1.16. The van der Waals surface area contributed by atoms with Crippen molar-refractivity contribution in [2.75, 3.05) is 13.2 Å². The number of ether oxygens (including phenoxy) is 1. The summed E-state index contributed by atoms with van der Waals surface area (Å²) in [7, 11) is 0. The summed E-state index contributed by atoms with van der Waals surface area (Å²) in [6.45, 7) is 4.61. The Bertz CT molecular complexity index is 697. The summed E-state index contributed by atoms with van der Waals surface area (Å²) >= 11 is 2.61. The molecule has 1 fully saturated rings. The molecule has 6 N–H and O–H groups in total. The maximum absolute atomic E-state index is 10.1. The molecule has 1 aliphatic rings. The van der Waals surface area contributed by atoms with E-state index in [4.69, 9.17) is 9.88 Å². The summed E-state index contributed by atoms with van der Waals surface area (Å²) in [4.78, 5) is 0. The Labute approximate surface area is 175 Å². The molecule has 8 heteroatoms. The highest BCUT2D eigenvalue weighted by atomic mass is 32.2. The average Bonchev–Trinajstić information content (AvgIpc) is 2.65. The van der Waals surface area contributed by atoms with Gasteiger partial charge in [-0.15, -0.1) is 11.8 Å². The molecule has 2 rings (SSSR count).